The van der Waals surface area contributed by atoms with Crippen LogP contribution in [-0.4, -0.2) is 9.78 Å². The van der Waals surface area contributed by atoms with Crippen LogP contribution in [0.5, 0.6) is 0 Å². The average Bonchev–Trinajstić information content (AvgIpc) is 2.77. The summed E-state index contributed by atoms with van der Waals surface area (Å²) in [5.74, 6) is 0. The fraction of sp³-hybridized carbons (Fsp3) is 0.133. The number of hydrogen-bond donors (Lipinski definition) is 1. The van der Waals surface area contributed by atoms with E-state index >= 15 is 0 Å². The fourth-order valence-corrected chi connectivity index (χ4v) is 2.23. The number of fused-ring (bicyclic) bond motifs is 1. The fourth-order valence-electron chi connectivity index (χ4n) is 2.23. The molecule has 0 aliphatic heterocycles. The predicted molar refractivity (Wildman–Crippen MR) is 73.7 cm³/mol. The smallest absolute Gasteiger partial charge is 0.0743 e. The number of aromatic nitrogens is 2. The highest BCUT2D eigenvalue weighted by molar-refractivity contribution is 5.83. The third kappa shape index (κ3) is 1.69. The second kappa shape index (κ2) is 4.27. The summed E-state index contributed by atoms with van der Waals surface area (Å²) in [6.07, 6.45) is 0. The van der Waals surface area contributed by atoms with Crippen molar-refractivity contribution in [1.29, 1.82) is 0 Å². The molecule has 18 heavy (non-hydrogen) atoms. The topological polar surface area (TPSA) is 43.8 Å². The molecular weight excluding hydrogens is 222 g/mol. The molecule has 3 aromatic rings. The Bertz CT molecular complexity index is 698. The Morgan fingerprint density at radius 2 is 1.94 bits per heavy atom. The number of nitrogens with zero attached hydrogens (tertiary/aromatic N) is 2. The molecule has 1 heterocycles. The summed E-state index contributed by atoms with van der Waals surface area (Å²) in [4.78, 5) is 0. The Morgan fingerprint density at radius 3 is 2.78 bits per heavy atom. The van der Waals surface area contributed by atoms with Crippen molar-refractivity contribution >= 4 is 10.9 Å². The van der Waals surface area contributed by atoms with E-state index in [1.165, 1.54) is 5.39 Å². The molecule has 3 rings (SSSR count). The van der Waals surface area contributed by atoms with Crippen LogP contribution in [0.1, 0.15) is 11.3 Å². The van der Waals surface area contributed by atoms with E-state index in [1.807, 2.05) is 35.9 Å². The molecule has 0 atom stereocenters. The molecule has 0 unspecified atom stereocenters. The molecule has 3 heteroatoms. The second-order valence-electron chi connectivity index (χ2n) is 4.39. The van der Waals surface area contributed by atoms with E-state index in [1.54, 1.807) is 0 Å². The minimum absolute atomic E-state index is 0.548. The Labute approximate surface area is 106 Å². The number of para-hydroxylation sites is 1. The molecule has 2 aromatic carbocycles. The SMILES string of the molecule is Cc1nn(-c2cccc(CN)c2)c2ccccc12. The van der Waals surface area contributed by atoms with Crippen LogP contribution in [0.3, 0.4) is 0 Å². The van der Waals surface area contributed by atoms with E-state index < -0.39 is 0 Å². The molecule has 2 N–H and O–H groups in total. The Hall–Kier alpha value is -2.13. The van der Waals surface area contributed by atoms with E-state index in [9.17, 15) is 0 Å². The Morgan fingerprint density at radius 1 is 1.11 bits per heavy atom. The molecule has 0 spiro atoms. The normalized spacial score (nSPS) is 11.0. The third-order valence-electron chi connectivity index (χ3n) is 3.16. The minimum atomic E-state index is 0.548. The molecule has 0 aliphatic carbocycles. The van der Waals surface area contributed by atoms with Gasteiger partial charge in [0.05, 0.1) is 16.9 Å². The van der Waals surface area contributed by atoms with Crippen LogP contribution < -0.4 is 5.73 Å². The number of hydrogen-bond acceptors (Lipinski definition) is 2. The van der Waals surface area contributed by atoms with Crippen molar-refractivity contribution in [3.05, 3.63) is 59.8 Å². The first-order chi connectivity index (χ1) is 8.79. The minimum Gasteiger partial charge on any atom is -0.326 e. The lowest BCUT2D eigenvalue weighted by Gasteiger charge is -2.05. The van der Waals surface area contributed by atoms with Gasteiger partial charge in [-0.05, 0) is 30.7 Å². The molecule has 1 aromatic heterocycles. The van der Waals surface area contributed by atoms with Gasteiger partial charge in [0, 0.05) is 11.9 Å². The van der Waals surface area contributed by atoms with E-state index in [4.69, 9.17) is 5.73 Å². The van der Waals surface area contributed by atoms with Crippen molar-refractivity contribution in [2.45, 2.75) is 13.5 Å². The number of rotatable bonds is 2. The van der Waals surface area contributed by atoms with Crippen LogP contribution in [0.4, 0.5) is 0 Å². The lowest BCUT2D eigenvalue weighted by molar-refractivity contribution is 0.885. The lowest BCUT2D eigenvalue weighted by atomic mass is 10.2. The van der Waals surface area contributed by atoms with Crippen LogP contribution in [0.15, 0.2) is 48.5 Å². The molecule has 0 aliphatic rings. The number of benzene rings is 2. The maximum absolute atomic E-state index is 5.68. The first kappa shape index (κ1) is 11.0. The summed E-state index contributed by atoms with van der Waals surface area (Å²) >= 11 is 0. The van der Waals surface area contributed by atoms with Crippen LogP contribution in [0.25, 0.3) is 16.6 Å². The van der Waals surface area contributed by atoms with Gasteiger partial charge in [-0.1, -0.05) is 30.3 Å². The van der Waals surface area contributed by atoms with Gasteiger partial charge in [-0.15, -0.1) is 0 Å². The van der Waals surface area contributed by atoms with E-state index in [2.05, 4.69) is 29.4 Å². The highest BCUT2D eigenvalue weighted by atomic mass is 15.3. The third-order valence-corrected chi connectivity index (χ3v) is 3.16. The summed E-state index contributed by atoms with van der Waals surface area (Å²) in [6, 6.07) is 16.4. The van der Waals surface area contributed by atoms with Gasteiger partial charge in [0.25, 0.3) is 0 Å². The van der Waals surface area contributed by atoms with Gasteiger partial charge in [0.2, 0.25) is 0 Å². The van der Waals surface area contributed by atoms with E-state index in [0.29, 0.717) is 6.54 Å². The molecule has 0 saturated carbocycles. The van der Waals surface area contributed by atoms with Gasteiger partial charge < -0.3 is 5.73 Å². The quantitative estimate of drug-likeness (QED) is 0.744. The van der Waals surface area contributed by atoms with Crippen molar-refractivity contribution in [2.24, 2.45) is 5.73 Å². The van der Waals surface area contributed by atoms with E-state index in [0.717, 1.165) is 22.5 Å². The van der Waals surface area contributed by atoms with Crippen molar-refractivity contribution in [3.8, 4) is 5.69 Å². The molecule has 0 amide bonds. The average molecular weight is 237 g/mol. The van der Waals surface area contributed by atoms with Gasteiger partial charge in [0.15, 0.2) is 0 Å². The Kier molecular flexibility index (Phi) is 2.61. The molecule has 0 saturated heterocycles. The molecule has 0 radical (unpaired) electrons. The van der Waals surface area contributed by atoms with Gasteiger partial charge in [-0.2, -0.15) is 5.10 Å². The maximum atomic E-state index is 5.68. The van der Waals surface area contributed by atoms with Crippen LogP contribution in [0.2, 0.25) is 0 Å². The van der Waals surface area contributed by atoms with Crippen LogP contribution >= 0.6 is 0 Å². The predicted octanol–water partition coefficient (Wildman–Crippen LogP) is 2.79. The van der Waals surface area contributed by atoms with Crippen molar-refractivity contribution in [1.82, 2.24) is 9.78 Å². The summed E-state index contributed by atoms with van der Waals surface area (Å²) in [7, 11) is 0. The Balaban J connectivity index is 2.25. The maximum Gasteiger partial charge on any atom is 0.0743 e. The zero-order valence-corrected chi connectivity index (χ0v) is 10.3. The lowest BCUT2D eigenvalue weighted by Crippen LogP contribution is -2.00. The van der Waals surface area contributed by atoms with Crippen LogP contribution in [-0.2, 0) is 6.54 Å². The summed E-state index contributed by atoms with van der Waals surface area (Å²) in [5, 5.41) is 5.80. The van der Waals surface area contributed by atoms with E-state index in [-0.39, 0.29) is 0 Å². The van der Waals surface area contributed by atoms with Crippen molar-refractivity contribution in [2.75, 3.05) is 0 Å². The van der Waals surface area contributed by atoms with Gasteiger partial charge >= 0.3 is 0 Å². The largest absolute Gasteiger partial charge is 0.326 e. The van der Waals surface area contributed by atoms with Crippen LogP contribution in [0, 0.1) is 6.92 Å². The first-order valence-corrected chi connectivity index (χ1v) is 6.03. The first-order valence-electron chi connectivity index (χ1n) is 6.03. The molecule has 0 fully saturated rings. The summed E-state index contributed by atoms with van der Waals surface area (Å²) < 4.78 is 1.98. The molecular formula is C15H15N3. The van der Waals surface area contributed by atoms with Crippen molar-refractivity contribution in [3.63, 3.8) is 0 Å². The zero-order chi connectivity index (χ0) is 12.5. The highest BCUT2D eigenvalue weighted by Crippen LogP contribution is 2.21. The monoisotopic (exact) mass is 237 g/mol. The number of nitrogens with two attached hydrogens (primary N) is 1. The van der Waals surface area contributed by atoms with Gasteiger partial charge in [-0.25, -0.2) is 4.68 Å². The van der Waals surface area contributed by atoms with Crippen molar-refractivity contribution < 1.29 is 0 Å². The zero-order valence-electron chi connectivity index (χ0n) is 10.3. The number of aryl methyl sites for hydroxylation is 1. The molecule has 0 bridgehead atoms. The molecule has 3 nitrogen and oxygen atoms in total. The molecule has 90 valence electrons. The van der Waals surface area contributed by atoms with Gasteiger partial charge in [0.1, 0.15) is 0 Å². The summed E-state index contributed by atoms with van der Waals surface area (Å²) in [6.45, 7) is 2.58. The highest BCUT2D eigenvalue weighted by Gasteiger charge is 2.07. The van der Waals surface area contributed by atoms with Gasteiger partial charge in [-0.3, -0.25) is 0 Å². The standard InChI is InChI=1S/C15H15N3/c1-11-14-7-2-3-8-15(14)18(17-11)13-6-4-5-12(9-13)10-16/h2-9H,10,16H2,1H3. The second-order valence-corrected chi connectivity index (χ2v) is 4.39. The summed E-state index contributed by atoms with van der Waals surface area (Å²) in [5.41, 5.74) is 10.0.